The van der Waals surface area contributed by atoms with Crippen molar-refractivity contribution in [1.82, 2.24) is 15.1 Å². The van der Waals surface area contributed by atoms with Gasteiger partial charge in [0.05, 0.1) is 6.54 Å². The summed E-state index contributed by atoms with van der Waals surface area (Å²) in [6.07, 6.45) is 6.08. The summed E-state index contributed by atoms with van der Waals surface area (Å²) < 4.78 is 0. The van der Waals surface area contributed by atoms with Gasteiger partial charge in [-0.2, -0.15) is 0 Å². The molecule has 2 aliphatic rings. The average molecular weight is 295 g/mol. The van der Waals surface area contributed by atoms with E-state index >= 15 is 0 Å². The molecular weight excluding hydrogens is 262 g/mol. The lowest BCUT2D eigenvalue weighted by atomic mass is 9.97. The summed E-state index contributed by atoms with van der Waals surface area (Å²) in [4.78, 5) is 17.3. The molecule has 0 spiro atoms. The molecule has 2 fully saturated rings. The highest BCUT2D eigenvalue weighted by Gasteiger charge is 2.30. The molecule has 21 heavy (non-hydrogen) atoms. The highest BCUT2D eigenvalue weighted by atomic mass is 16.2. The maximum Gasteiger partial charge on any atom is 0.237 e. The van der Waals surface area contributed by atoms with Crippen molar-refractivity contribution in [3.63, 3.8) is 0 Å². The minimum atomic E-state index is 0.321. The van der Waals surface area contributed by atoms with Gasteiger partial charge in [0.2, 0.25) is 5.91 Å². The summed E-state index contributed by atoms with van der Waals surface area (Å²) in [6, 6.07) is 1.79. The molecule has 2 aliphatic heterocycles. The van der Waals surface area contributed by atoms with Crippen LogP contribution < -0.4 is 5.32 Å². The highest BCUT2D eigenvalue weighted by molar-refractivity contribution is 5.79. The minimum absolute atomic E-state index is 0.321. The van der Waals surface area contributed by atoms with E-state index in [-0.39, 0.29) is 0 Å². The van der Waals surface area contributed by atoms with Gasteiger partial charge in [0.25, 0.3) is 0 Å². The zero-order chi connectivity index (χ0) is 15.4. The molecule has 0 saturated carbocycles. The van der Waals surface area contributed by atoms with E-state index in [4.69, 9.17) is 0 Å². The molecule has 122 valence electrons. The Morgan fingerprint density at radius 1 is 1.19 bits per heavy atom. The van der Waals surface area contributed by atoms with Crippen LogP contribution in [-0.2, 0) is 4.79 Å². The quantitative estimate of drug-likeness (QED) is 0.845. The average Bonchev–Trinajstić information content (AvgIpc) is 2.90. The van der Waals surface area contributed by atoms with Crippen LogP contribution in [0.25, 0.3) is 0 Å². The second kappa shape index (κ2) is 7.59. The maximum absolute atomic E-state index is 12.8. The molecule has 0 aromatic heterocycles. The minimum Gasteiger partial charge on any atom is -0.336 e. The summed E-state index contributed by atoms with van der Waals surface area (Å²) in [5.74, 6) is 0.321. The number of likely N-dealkylation sites (tertiary alicyclic amines) is 1. The first kappa shape index (κ1) is 16.8. The largest absolute Gasteiger partial charge is 0.336 e. The Hall–Kier alpha value is -0.610. The fourth-order valence-corrected chi connectivity index (χ4v) is 3.82. The van der Waals surface area contributed by atoms with Gasteiger partial charge in [0, 0.05) is 30.7 Å². The Labute approximate surface area is 130 Å². The van der Waals surface area contributed by atoms with E-state index in [1.54, 1.807) is 0 Å². The van der Waals surface area contributed by atoms with Gasteiger partial charge in [-0.05, 0) is 66.3 Å². The normalized spacial score (nSPS) is 30.4. The van der Waals surface area contributed by atoms with Crippen molar-refractivity contribution in [2.45, 2.75) is 84.0 Å². The van der Waals surface area contributed by atoms with Crippen molar-refractivity contribution in [2.24, 2.45) is 0 Å². The molecule has 2 saturated heterocycles. The predicted molar refractivity (Wildman–Crippen MR) is 87.4 cm³/mol. The van der Waals surface area contributed by atoms with Crippen LogP contribution in [0.4, 0.5) is 0 Å². The number of carbonyl (C=O) groups is 1. The first-order chi connectivity index (χ1) is 9.99. The highest BCUT2D eigenvalue weighted by Crippen LogP contribution is 2.23. The standard InChI is InChI=1S/C17H33N3O/c1-13(2)19(11-16-9-6-10-18-16)12-17(21)20-14(3)7-5-8-15(20)4/h13-16,18H,5-12H2,1-4H3. The maximum atomic E-state index is 12.8. The van der Waals surface area contributed by atoms with Gasteiger partial charge in [0.15, 0.2) is 0 Å². The van der Waals surface area contributed by atoms with Crippen LogP contribution in [-0.4, -0.2) is 59.5 Å². The fourth-order valence-electron chi connectivity index (χ4n) is 3.82. The number of hydrogen-bond acceptors (Lipinski definition) is 3. The summed E-state index contributed by atoms with van der Waals surface area (Å²) in [5.41, 5.74) is 0. The van der Waals surface area contributed by atoms with E-state index in [9.17, 15) is 4.79 Å². The van der Waals surface area contributed by atoms with Crippen LogP contribution >= 0.6 is 0 Å². The smallest absolute Gasteiger partial charge is 0.237 e. The molecule has 0 radical (unpaired) electrons. The van der Waals surface area contributed by atoms with E-state index in [2.05, 4.69) is 42.8 Å². The summed E-state index contributed by atoms with van der Waals surface area (Å²) in [5, 5.41) is 3.55. The molecular formula is C17H33N3O. The summed E-state index contributed by atoms with van der Waals surface area (Å²) in [7, 11) is 0. The number of nitrogens with one attached hydrogen (secondary N) is 1. The van der Waals surface area contributed by atoms with E-state index in [1.807, 2.05) is 0 Å². The van der Waals surface area contributed by atoms with Gasteiger partial charge in [-0.3, -0.25) is 9.69 Å². The Kier molecular flexibility index (Phi) is 6.06. The molecule has 2 heterocycles. The van der Waals surface area contributed by atoms with Crippen molar-refractivity contribution in [2.75, 3.05) is 19.6 Å². The third-order valence-electron chi connectivity index (χ3n) is 5.17. The molecule has 0 aliphatic carbocycles. The molecule has 0 aromatic rings. The third-order valence-corrected chi connectivity index (χ3v) is 5.17. The van der Waals surface area contributed by atoms with Crippen LogP contribution in [0.1, 0.15) is 59.8 Å². The van der Waals surface area contributed by atoms with Crippen LogP contribution in [0, 0.1) is 0 Å². The number of amides is 1. The molecule has 1 N–H and O–H groups in total. The van der Waals surface area contributed by atoms with Crippen molar-refractivity contribution >= 4 is 5.91 Å². The molecule has 2 rings (SSSR count). The van der Waals surface area contributed by atoms with E-state index in [0.717, 1.165) is 25.9 Å². The van der Waals surface area contributed by atoms with Gasteiger partial charge in [-0.1, -0.05) is 0 Å². The molecule has 0 aromatic carbocycles. The number of rotatable bonds is 5. The second-order valence-electron chi connectivity index (χ2n) is 7.25. The topological polar surface area (TPSA) is 35.6 Å². The van der Waals surface area contributed by atoms with Gasteiger partial charge in [-0.25, -0.2) is 0 Å². The lowest BCUT2D eigenvalue weighted by Crippen LogP contribution is -2.53. The van der Waals surface area contributed by atoms with Crippen LogP contribution in [0.2, 0.25) is 0 Å². The number of piperidine rings is 1. The van der Waals surface area contributed by atoms with E-state index in [1.165, 1.54) is 19.3 Å². The van der Waals surface area contributed by atoms with Crippen LogP contribution in [0.15, 0.2) is 0 Å². The van der Waals surface area contributed by atoms with Crippen LogP contribution in [0.3, 0.4) is 0 Å². The van der Waals surface area contributed by atoms with Gasteiger partial charge in [-0.15, -0.1) is 0 Å². The number of hydrogen-bond donors (Lipinski definition) is 1. The Morgan fingerprint density at radius 3 is 2.38 bits per heavy atom. The third kappa shape index (κ3) is 4.43. The van der Waals surface area contributed by atoms with Gasteiger partial charge in [0.1, 0.15) is 0 Å². The zero-order valence-electron chi connectivity index (χ0n) is 14.3. The predicted octanol–water partition coefficient (Wildman–Crippen LogP) is 2.24. The van der Waals surface area contributed by atoms with E-state index < -0.39 is 0 Å². The molecule has 3 unspecified atom stereocenters. The molecule has 3 atom stereocenters. The molecule has 1 amide bonds. The van der Waals surface area contributed by atoms with Crippen molar-refractivity contribution in [3.8, 4) is 0 Å². The summed E-state index contributed by atoms with van der Waals surface area (Å²) in [6.45, 7) is 11.5. The molecule has 0 bridgehead atoms. The Bertz CT molecular complexity index is 329. The first-order valence-corrected chi connectivity index (χ1v) is 8.77. The Morgan fingerprint density at radius 2 is 1.86 bits per heavy atom. The first-order valence-electron chi connectivity index (χ1n) is 8.77. The number of nitrogens with zero attached hydrogens (tertiary/aromatic N) is 2. The molecule has 4 nitrogen and oxygen atoms in total. The van der Waals surface area contributed by atoms with E-state index in [0.29, 0.717) is 36.6 Å². The zero-order valence-corrected chi connectivity index (χ0v) is 14.3. The van der Waals surface area contributed by atoms with Gasteiger partial charge < -0.3 is 10.2 Å². The Balaban J connectivity index is 1.93. The summed E-state index contributed by atoms with van der Waals surface area (Å²) >= 11 is 0. The van der Waals surface area contributed by atoms with Crippen molar-refractivity contribution < 1.29 is 4.79 Å². The number of carbonyl (C=O) groups excluding carboxylic acids is 1. The van der Waals surface area contributed by atoms with Crippen molar-refractivity contribution in [3.05, 3.63) is 0 Å². The monoisotopic (exact) mass is 295 g/mol. The second-order valence-corrected chi connectivity index (χ2v) is 7.25. The fraction of sp³-hybridized carbons (Fsp3) is 0.941. The van der Waals surface area contributed by atoms with Crippen molar-refractivity contribution in [1.29, 1.82) is 0 Å². The SMILES string of the molecule is CC(C)N(CC(=O)N1C(C)CCCC1C)CC1CCCN1. The molecule has 4 heteroatoms. The van der Waals surface area contributed by atoms with Crippen LogP contribution in [0.5, 0.6) is 0 Å². The van der Waals surface area contributed by atoms with Gasteiger partial charge >= 0.3 is 0 Å². The lowest BCUT2D eigenvalue weighted by molar-refractivity contribution is -0.139. The lowest BCUT2D eigenvalue weighted by Gasteiger charge is -2.41.